The molecule has 0 spiro atoms. The Hall–Kier alpha value is -3.29. The van der Waals surface area contributed by atoms with E-state index in [-0.39, 0.29) is 17.0 Å². The van der Waals surface area contributed by atoms with Crippen molar-refractivity contribution >= 4 is 23.6 Å². The van der Waals surface area contributed by atoms with E-state index in [0.717, 1.165) is 6.07 Å². The molecule has 2 aromatic carbocycles. The number of aldehydes is 1. The number of amides is 1. The number of non-ortho nitro benzene ring substituents is 1. The number of nitrogens with zero attached hydrogens (tertiary/aromatic N) is 1. The first-order chi connectivity index (χ1) is 11.0. The lowest BCUT2D eigenvalue weighted by atomic mass is 10.2. The summed E-state index contributed by atoms with van der Waals surface area (Å²) in [6.07, 6.45) is 0.403. The van der Waals surface area contributed by atoms with Crippen molar-refractivity contribution in [2.75, 3.05) is 11.9 Å². The van der Waals surface area contributed by atoms with Gasteiger partial charge < -0.3 is 10.1 Å². The average Bonchev–Trinajstić information content (AvgIpc) is 2.54. The average molecular weight is 318 g/mol. The van der Waals surface area contributed by atoms with Crippen LogP contribution in [0.4, 0.5) is 15.8 Å². The Balaban J connectivity index is 1.99. The van der Waals surface area contributed by atoms with Crippen molar-refractivity contribution in [1.29, 1.82) is 0 Å². The van der Waals surface area contributed by atoms with Crippen LogP contribution in [-0.4, -0.2) is 23.7 Å². The molecule has 0 aliphatic carbocycles. The minimum absolute atomic E-state index is 0.0335. The van der Waals surface area contributed by atoms with E-state index in [1.54, 1.807) is 0 Å². The van der Waals surface area contributed by atoms with Gasteiger partial charge in [-0.15, -0.1) is 0 Å². The van der Waals surface area contributed by atoms with E-state index in [1.165, 1.54) is 36.4 Å². The number of hydrogen-bond donors (Lipinski definition) is 1. The van der Waals surface area contributed by atoms with Gasteiger partial charge >= 0.3 is 0 Å². The summed E-state index contributed by atoms with van der Waals surface area (Å²) in [4.78, 5) is 32.6. The van der Waals surface area contributed by atoms with Gasteiger partial charge in [0.15, 0.2) is 12.9 Å². The van der Waals surface area contributed by atoms with Crippen LogP contribution < -0.4 is 10.1 Å². The molecule has 0 aliphatic rings. The number of benzene rings is 2. The van der Waals surface area contributed by atoms with Crippen molar-refractivity contribution in [3.63, 3.8) is 0 Å². The summed E-state index contributed by atoms with van der Waals surface area (Å²) < 4.78 is 17.9. The predicted octanol–water partition coefficient (Wildman–Crippen LogP) is 2.56. The first-order valence-corrected chi connectivity index (χ1v) is 6.41. The highest BCUT2D eigenvalue weighted by atomic mass is 19.1. The molecular weight excluding hydrogens is 307 g/mol. The minimum Gasteiger partial charge on any atom is -0.483 e. The molecule has 0 saturated carbocycles. The number of nitrogens with one attached hydrogen (secondary N) is 1. The van der Waals surface area contributed by atoms with Gasteiger partial charge in [0, 0.05) is 17.8 Å². The molecule has 0 radical (unpaired) electrons. The van der Waals surface area contributed by atoms with Gasteiger partial charge in [0.05, 0.1) is 10.5 Å². The van der Waals surface area contributed by atoms with E-state index in [2.05, 4.69) is 5.32 Å². The molecule has 118 valence electrons. The topological polar surface area (TPSA) is 98.5 Å². The van der Waals surface area contributed by atoms with Crippen molar-refractivity contribution in [3.8, 4) is 5.75 Å². The fraction of sp³-hybridized carbons (Fsp3) is 0.0667. The van der Waals surface area contributed by atoms with Crippen molar-refractivity contribution < 1.29 is 23.6 Å². The Kier molecular flexibility index (Phi) is 4.98. The molecule has 7 nitrogen and oxygen atoms in total. The Labute approximate surface area is 129 Å². The zero-order valence-corrected chi connectivity index (χ0v) is 11.7. The van der Waals surface area contributed by atoms with Gasteiger partial charge in [-0.3, -0.25) is 19.7 Å². The summed E-state index contributed by atoms with van der Waals surface area (Å²) in [5, 5.41) is 13.1. The van der Waals surface area contributed by atoms with Crippen molar-refractivity contribution in [1.82, 2.24) is 0 Å². The van der Waals surface area contributed by atoms with Gasteiger partial charge in [0.1, 0.15) is 11.6 Å². The number of hydrogen-bond acceptors (Lipinski definition) is 5. The predicted molar refractivity (Wildman–Crippen MR) is 79.0 cm³/mol. The van der Waals surface area contributed by atoms with E-state index in [1.807, 2.05) is 0 Å². The number of ether oxygens (including phenoxy) is 1. The molecule has 0 bridgehead atoms. The Morgan fingerprint density at radius 3 is 2.57 bits per heavy atom. The Morgan fingerprint density at radius 2 is 1.96 bits per heavy atom. The quantitative estimate of drug-likeness (QED) is 0.501. The van der Waals surface area contributed by atoms with E-state index in [9.17, 15) is 24.1 Å². The van der Waals surface area contributed by atoms with Gasteiger partial charge in [0.25, 0.3) is 11.6 Å². The van der Waals surface area contributed by atoms with Crippen LogP contribution in [0, 0.1) is 15.9 Å². The van der Waals surface area contributed by atoms with Crippen molar-refractivity contribution in [3.05, 3.63) is 64.0 Å². The van der Waals surface area contributed by atoms with E-state index in [4.69, 9.17) is 4.74 Å². The van der Waals surface area contributed by atoms with Crippen LogP contribution in [0.25, 0.3) is 0 Å². The summed E-state index contributed by atoms with van der Waals surface area (Å²) in [6.45, 7) is -0.407. The maximum absolute atomic E-state index is 12.7. The fourth-order valence-corrected chi connectivity index (χ4v) is 1.75. The summed E-state index contributed by atoms with van der Waals surface area (Å²) >= 11 is 0. The van der Waals surface area contributed by atoms with Crippen molar-refractivity contribution in [2.45, 2.75) is 0 Å². The first-order valence-electron chi connectivity index (χ1n) is 6.41. The molecule has 0 heterocycles. The lowest BCUT2D eigenvalue weighted by molar-refractivity contribution is -0.384. The molecule has 2 aromatic rings. The van der Waals surface area contributed by atoms with Crippen LogP contribution in [0.3, 0.4) is 0 Å². The molecule has 23 heavy (non-hydrogen) atoms. The Bertz CT molecular complexity index is 746. The molecule has 0 saturated heterocycles. The number of carbonyl (C=O) groups is 2. The molecule has 0 atom stereocenters. The zero-order valence-electron chi connectivity index (χ0n) is 11.7. The SMILES string of the molecule is O=Cc1cc([N+](=O)[O-])ccc1OCC(=O)Nc1ccc(F)cc1. The van der Waals surface area contributed by atoms with Crippen LogP contribution in [-0.2, 0) is 4.79 Å². The number of nitro benzene ring substituents is 1. The van der Waals surface area contributed by atoms with Crippen LogP contribution >= 0.6 is 0 Å². The molecule has 1 amide bonds. The summed E-state index contributed by atoms with van der Waals surface area (Å²) in [6, 6.07) is 8.62. The third-order valence-corrected chi connectivity index (χ3v) is 2.82. The second kappa shape index (κ2) is 7.12. The van der Waals surface area contributed by atoms with E-state index < -0.39 is 23.3 Å². The molecule has 0 aromatic heterocycles. The van der Waals surface area contributed by atoms with Gasteiger partial charge in [-0.1, -0.05) is 0 Å². The molecule has 0 unspecified atom stereocenters. The number of rotatable bonds is 6. The minimum atomic E-state index is -0.641. The molecule has 1 N–H and O–H groups in total. The number of carbonyl (C=O) groups excluding carboxylic acids is 2. The molecule has 0 fully saturated rings. The maximum Gasteiger partial charge on any atom is 0.270 e. The number of halogens is 1. The van der Waals surface area contributed by atoms with Crippen molar-refractivity contribution in [2.24, 2.45) is 0 Å². The molecule has 0 aliphatic heterocycles. The highest BCUT2D eigenvalue weighted by Crippen LogP contribution is 2.22. The zero-order chi connectivity index (χ0) is 16.8. The van der Waals surface area contributed by atoms with E-state index >= 15 is 0 Å². The maximum atomic E-state index is 12.7. The standard InChI is InChI=1S/C15H11FN2O5/c16-11-1-3-12(4-2-11)17-15(20)9-23-14-6-5-13(18(21)22)7-10(14)8-19/h1-8H,9H2,(H,17,20). The lowest BCUT2D eigenvalue weighted by Crippen LogP contribution is -2.20. The van der Waals surface area contributed by atoms with Crippen LogP contribution in [0.15, 0.2) is 42.5 Å². The van der Waals surface area contributed by atoms with Gasteiger partial charge in [-0.2, -0.15) is 0 Å². The van der Waals surface area contributed by atoms with Crippen LogP contribution in [0.1, 0.15) is 10.4 Å². The third-order valence-electron chi connectivity index (χ3n) is 2.82. The van der Waals surface area contributed by atoms with Gasteiger partial charge in [0.2, 0.25) is 0 Å². The second-order valence-electron chi connectivity index (χ2n) is 4.44. The summed E-state index contributed by atoms with van der Waals surface area (Å²) in [5.41, 5.74) is 0.100. The molecular formula is C15H11FN2O5. The normalized spacial score (nSPS) is 9.96. The first kappa shape index (κ1) is 16.1. The van der Waals surface area contributed by atoms with Crippen LogP contribution in [0.5, 0.6) is 5.75 Å². The third kappa shape index (κ3) is 4.34. The Morgan fingerprint density at radius 1 is 1.26 bits per heavy atom. The second-order valence-corrected chi connectivity index (χ2v) is 4.44. The highest BCUT2D eigenvalue weighted by molar-refractivity contribution is 5.92. The van der Waals surface area contributed by atoms with Gasteiger partial charge in [-0.05, 0) is 30.3 Å². The summed E-state index contributed by atoms with van der Waals surface area (Å²) in [7, 11) is 0. The monoisotopic (exact) mass is 318 g/mol. The van der Waals surface area contributed by atoms with Gasteiger partial charge in [-0.25, -0.2) is 4.39 Å². The largest absolute Gasteiger partial charge is 0.483 e. The molecule has 2 rings (SSSR count). The smallest absolute Gasteiger partial charge is 0.270 e. The lowest BCUT2D eigenvalue weighted by Gasteiger charge is -2.09. The molecule has 8 heteroatoms. The number of nitro groups is 1. The highest BCUT2D eigenvalue weighted by Gasteiger charge is 2.12. The van der Waals surface area contributed by atoms with Crippen LogP contribution in [0.2, 0.25) is 0 Å². The fourth-order valence-electron chi connectivity index (χ4n) is 1.75. The number of anilines is 1. The summed E-state index contributed by atoms with van der Waals surface area (Å²) in [5.74, 6) is -0.896. The van der Waals surface area contributed by atoms with E-state index in [0.29, 0.717) is 12.0 Å².